The van der Waals surface area contributed by atoms with Gasteiger partial charge in [0.05, 0.1) is 40.1 Å². The summed E-state index contributed by atoms with van der Waals surface area (Å²) in [4.78, 5) is 70.8. The van der Waals surface area contributed by atoms with Gasteiger partial charge in [-0.05, 0) is 93.1 Å². The van der Waals surface area contributed by atoms with E-state index in [9.17, 15) is 28.4 Å². The van der Waals surface area contributed by atoms with Crippen LogP contribution >= 0.6 is 11.5 Å². The lowest BCUT2D eigenvalue weighted by Gasteiger charge is -2.36. The number of alkyl halides is 1. The minimum atomic E-state index is -1.54. The Hall–Kier alpha value is -5.70. The highest BCUT2D eigenvalue weighted by atomic mass is 32.1. The van der Waals surface area contributed by atoms with Crippen LogP contribution in [0.15, 0.2) is 36.5 Å². The van der Waals surface area contributed by atoms with Crippen molar-refractivity contribution in [1.82, 2.24) is 29.8 Å². The predicted molar refractivity (Wildman–Crippen MR) is 235 cm³/mol. The molecular formula is C46H51FN8O7S. The van der Waals surface area contributed by atoms with E-state index in [0.717, 1.165) is 89.5 Å². The first-order valence-electron chi connectivity index (χ1n) is 22.0. The first-order valence-corrected chi connectivity index (χ1v) is 22.8. The van der Waals surface area contributed by atoms with E-state index in [-0.39, 0.29) is 42.6 Å². The maximum Gasteiger partial charge on any atom is 0.264 e. The van der Waals surface area contributed by atoms with E-state index in [4.69, 9.17) is 15.2 Å². The van der Waals surface area contributed by atoms with Gasteiger partial charge in [-0.3, -0.25) is 34.2 Å². The lowest BCUT2D eigenvalue weighted by molar-refractivity contribution is -0.136. The van der Waals surface area contributed by atoms with Crippen LogP contribution in [0.25, 0.3) is 20.9 Å². The Balaban J connectivity index is 0.733. The minimum Gasteiger partial charge on any atom is -0.475 e. The Kier molecular flexibility index (Phi) is 12.3. The van der Waals surface area contributed by atoms with Gasteiger partial charge in [-0.15, -0.1) is 0 Å². The second kappa shape index (κ2) is 18.2. The van der Waals surface area contributed by atoms with Crippen LogP contribution in [-0.2, 0) is 19.1 Å². The van der Waals surface area contributed by atoms with Gasteiger partial charge in [-0.2, -0.15) is 4.37 Å². The minimum absolute atomic E-state index is 0.0712. The standard InChI is InChI=1S/C46H51FN8O7S/c1-2-29-35(51-43(58)40(29)47)24-62-44-32-21-37-33(41(48)53-63-37)20-31(32)27(22-50-44)11-10-25-6-8-26(9-7-25)23-54-17-14-28(15-18-54)61-19-16-49-34-5-3-4-30-39(34)46(60)55(45(30)59)36-12-13-38(56)52-42(36)57/h3-5,20-22,25-26,28-29,35-36,40,49H,2,6-9,12-19,23-24H2,1H3,(H2,48,53)(H,51,58)(H,52,56,57)/t25?,26?,29?,35?,36?,40-/m0/s1. The summed E-state index contributed by atoms with van der Waals surface area (Å²) in [6.07, 6.45) is 7.20. The average molecular weight is 879 g/mol. The lowest BCUT2D eigenvalue weighted by Crippen LogP contribution is -2.54. The van der Waals surface area contributed by atoms with Crippen molar-refractivity contribution < 1.29 is 37.8 Å². The summed E-state index contributed by atoms with van der Waals surface area (Å²) in [6, 6.07) is 7.56. The Morgan fingerprint density at radius 1 is 0.984 bits per heavy atom. The van der Waals surface area contributed by atoms with E-state index in [2.05, 4.69) is 42.0 Å². The molecule has 17 heteroatoms. The number of aromatic nitrogens is 2. The maximum atomic E-state index is 14.4. The molecule has 4 atom stereocenters. The number of halogens is 1. The van der Waals surface area contributed by atoms with Gasteiger partial charge >= 0.3 is 0 Å². The highest BCUT2D eigenvalue weighted by Crippen LogP contribution is 2.37. The molecule has 5 N–H and O–H groups in total. The molecule has 2 aromatic carbocycles. The van der Waals surface area contributed by atoms with Gasteiger partial charge in [0.25, 0.3) is 17.7 Å². The maximum absolute atomic E-state index is 14.4. The molecule has 0 spiro atoms. The van der Waals surface area contributed by atoms with E-state index >= 15 is 0 Å². The van der Waals surface area contributed by atoms with Gasteiger partial charge in [-0.1, -0.05) is 24.8 Å². The van der Waals surface area contributed by atoms with Crippen LogP contribution in [0, 0.1) is 29.6 Å². The third-order valence-electron chi connectivity index (χ3n) is 13.4. The highest BCUT2D eigenvalue weighted by Gasteiger charge is 2.46. The fourth-order valence-corrected chi connectivity index (χ4v) is 10.6. The van der Waals surface area contributed by atoms with Crippen LogP contribution < -0.4 is 26.4 Å². The van der Waals surface area contributed by atoms with Crippen LogP contribution in [0.2, 0.25) is 0 Å². The molecule has 3 saturated heterocycles. The van der Waals surface area contributed by atoms with Crippen molar-refractivity contribution in [2.24, 2.45) is 17.8 Å². The second-order valence-electron chi connectivity index (χ2n) is 17.3. The van der Waals surface area contributed by atoms with Crippen LogP contribution in [0.1, 0.15) is 91.0 Å². The van der Waals surface area contributed by atoms with Gasteiger partial charge in [0.2, 0.25) is 17.7 Å². The number of nitrogens with one attached hydrogen (secondary N) is 3. The van der Waals surface area contributed by atoms with Crippen molar-refractivity contribution in [3.63, 3.8) is 0 Å². The summed E-state index contributed by atoms with van der Waals surface area (Å²) >= 11 is 1.30. The SMILES string of the molecule is CCC1C(COc2ncc(C#CC3CCC(CN4CCC(OCCNc5cccc6c5C(=O)N(C5CCC(=O)NC5=O)C6=O)CC4)CC3)c3cc4c(N)nsc4cc23)NC(=O)[C@H]1F. The molecule has 5 aliphatic rings. The van der Waals surface area contributed by atoms with Crippen molar-refractivity contribution in [2.45, 2.75) is 89.1 Å². The number of carbonyl (C=O) groups excluding carboxylic acids is 5. The summed E-state index contributed by atoms with van der Waals surface area (Å²) in [6.45, 7) is 5.87. The quantitative estimate of drug-likeness (QED) is 0.0862. The average Bonchev–Trinajstić information content (AvgIpc) is 3.88. The molecule has 2 aromatic heterocycles. The van der Waals surface area contributed by atoms with Crippen molar-refractivity contribution in [1.29, 1.82) is 0 Å². The molecule has 5 amide bonds. The van der Waals surface area contributed by atoms with Gasteiger partial charge in [-0.25, -0.2) is 9.37 Å². The number of nitrogen functional groups attached to an aromatic ring is 1. The molecule has 1 saturated carbocycles. The Morgan fingerprint density at radius 3 is 2.57 bits per heavy atom. The van der Waals surface area contributed by atoms with E-state index in [0.29, 0.717) is 42.9 Å². The molecule has 330 valence electrons. The smallest absolute Gasteiger partial charge is 0.264 e. The number of nitrogens with two attached hydrogens (primary N) is 1. The van der Waals surface area contributed by atoms with Crippen LogP contribution in [0.3, 0.4) is 0 Å². The number of pyridine rings is 1. The molecular weight excluding hydrogens is 828 g/mol. The molecule has 63 heavy (non-hydrogen) atoms. The number of rotatable bonds is 12. The third kappa shape index (κ3) is 8.68. The molecule has 15 nitrogen and oxygen atoms in total. The van der Waals surface area contributed by atoms with Gasteiger partial charge in [0.1, 0.15) is 18.5 Å². The van der Waals surface area contributed by atoms with Gasteiger partial charge in [0, 0.05) is 72.5 Å². The number of anilines is 2. The molecule has 0 bridgehead atoms. The Labute approximate surface area is 368 Å². The first-order chi connectivity index (χ1) is 30.6. The number of imide groups is 2. The summed E-state index contributed by atoms with van der Waals surface area (Å²) in [5.74, 6) is 5.58. The Morgan fingerprint density at radius 2 is 1.79 bits per heavy atom. The third-order valence-corrected chi connectivity index (χ3v) is 14.2. The fraction of sp³-hybridized carbons (Fsp3) is 0.500. The number of carbonyl (C=O) groups is 5. The second-order valence-corrected chi connectivity index (χ2v) is 18.1. The number of hydrogen-bond acceptors (Lipinski definition) is 13. The molecule has 6 heterocycles. The summed E-state index contributed by atoms with van der Waals surface area (Å²) in [7, 11) is 0. The number of ether oxygens (including phenoxy) is 2. The van der Waals surface area contributed by atoms with Gasteiger partial charge in [0.15, 0.2) is 6.17 Å². The molecule has 1 aliphatic carbocycles. The van der Waals surface area contributed by atoms with Crippen molar-refractivity contribution in [3.8, 4) is 17.7 Å². The van der Waals surface area contributed by atoms with Gasteiger partial charge < -0.3 is 30.7 Å². The zero-order chi connectivity index (χ0) is 43.8. The summed E-state index contributed by atoms with van der Waals surface area (Å²) in [5, 5.41) is 10.7. The van der Waals surface area contributed by atoms with Crippen molar-refractivity contribution in [2.75, 3.05) is 50.4 Å². The normalized spacial score (nSPS) is 25.6. The zero-order valence-electron chi connectivity index (χ0n) is 35.1. The van der Waals surface area contributed by atoms with Crippen molar-refractivity contribution >= 4 is 73.4 Å². The largest absolute Gasteiger partial charge is 0.475 e. The Bertz CT molecular complexity index is 2520. The number of piperidine rings is 2. The van der Waals surface area contributed by atoms with Crippen LogP contribution in [-0.4, -0.2) is 112 Å². The van der Waals surface area contributed by atoms with Crippen LogP contribution in [0.4, 0.5) is 15.9 Å². The monoisotopic (exact) mass is 878 g/mol. The molecule has 4 fully saturated rings. The molecule has 9 rings (SSSR count). The molecule has 0 radical (unpaired) electrons. The summed E-state index contributed by atoms with van der Waals surface area (Å²) < 4.78 is 32.1. The molecule has 4 aromatic rings. The van der Waals surface area contributed by atoms with E-state index in [1.165, 1.54) is 11.5 Å². The van der Waals surface area contributed by atoms with Crippen LogP contribution in [0.5, 0.6) is 5.88 Å². The first kappa shape index (κ1) is 42.6. The highest BCUT2D eigenvalue weighted by molar-refractivity contribution is 7.13. The number of hydrogen-bond donors (Lipinski definition) is 4. The number of benzene rings is 2. The zero-order valence-corrected chi connectivity index (χ0v) is 35.9. The lowest BCUT2D eigenvalue weighted by atomic mass is 9.81. The van der Waals surface area contributed by atoms with E-state index in [1.54, 1.807) is 24.4 Å². The number of nitrogens with zero attached hydrogens (tertiary/aromatic N) is 4. The van der Waals surface area contributed by atoms with Crippen molar-refractivity contribution in [3.05, 3.63) is 53.2 Å². The van der Waals surface area contributed by atoms with E-state index in [1.807, 2.05) is 19.1 Å². The molecule has 3 unspecified atom stereocenters. The number of likely N-dealkylation sites (tertiary alicyclic amines) is 1. The van der Waals surface area contributed by atoms with E-state index < -0.39 is 53.7 Å². The number of fused-ring (bicyclic) bond motifs is 3. The fourth-order valence-electron chi connectivity index (χ4n) is 9.84. The summed E-state index contributed by atoms with van der Waals surface area (Å²) in [5.41, 5.74) is 8.01. The molecule has 4 aliphatic heterocycles. The topological polar surface area (TPSA) is 198 Å². The number of amides is 5. The predicted octanol–water partition coefficient (Wildman–Crippen LogP) is 4.82.